The van der Waals surface area contributed by atoms with Gasteiger partial charge in [-0.05, 0) is 93.8 Å². The Kier molecular flexibility index (Phi) is 34.6. The minimum atomic E-state index is -1.72. The molecule has 2 aromatic carbocycles. The lowest BCUT2D eigenvalue weighted by molar-refractivity contribution is -0.142. The van der Waals surface area contributed by atoms with Crippen LogP contribution in [0.25, 0.3) is 10.9 Å². The second kappa shape index (κ2) is 41.1. The molecule has 0 bridgehead atoms. The standard InChI is InChI=1S/C62H97N13O13/c1-5-7-8-9-10-11-12-13-14-15-16-26-52(78)70-49(34-42-36-66-45-23-18-17-22-44(42)45)56(81)68-37-53(79)67-38-54(80)75-55(39(3)6-2)61(86)72-46(24-19-20-31-63)57(82)71-47(25-21-32-64)58(83)74-50(35-51(65)77)60(85)73-48(59(84)69-40(4)62(87)88)33-41-27-29-43(76)30-28-41/h17-18,22-23,27-30,36,39-40,46-50,55,66,76H,5-16,19-21,24-26,31-35,37-38,63-64H2,1-4H3,(H2,65,77)(H,67,79)(H,68,81)(H,69,84)(H,70,78)(H,71,82)(H,72,86)(H,73,85)(H,74,83)(H,75,80)(H,87,88)/t39-,40-,46-,47-,48-,49-,50-,55-/m1/s1. The van der Waals surface area contributed by atoms with Crippen LogP contribution in [0.4, 0.5) is 0 Å². The molecule has 8 atom stereocenters. The second-order valence-corrected chi connectivity index (χ2v) is 22.5. The van der Waals surface area contributed by atoms with E-state index in [0.717, 1.165) is 35.7 Å². The SMILES string of the molecule is CCCCCCCCCCCCCC(=O)N[C@H](Cc1c[nH]c2ccccc12)C(=O)NCC(=O)NCC(=O)N[C@@H](C(=O)N[C@H](CCCCN)C(=O)N[C@H](CCCN)C(=O)N[C@H](CC(N)=O)C(=O)N[C@H](Cc1ccc(O)cc1)C(=O)N[C@H](C)C(=O)O)[C@H](C)CC. The maximum absolute atomic E-state index is 14.2. The summed E-state index contributed by atoms with van der Waals surface area (Å²) in [6.45, 7) is 6.02. The third-order valence-electron chi connectivity index (χ3n) is 15.1. The largest absolute Gasteiger partial charge is 0.508 e. The molecule has 0 spiro atoms. The summed E-state index contributed by atoms with van der Waals surface area (Å²) in [6.07, 6.45) is 14.8. The number of hydrogen-bond donors (Lipinski definition) is 15. The van der Waals surface area contributed by atoms with Gasteiger partial charge in [0.15, 0.2) is 0 Å². The minimum Gasteiger partial charge on any atom is -0.508 e. The number of H-pyrrole nitrogens is 1. The first-order chi connectivity index (χ1) is 42.1. The Morgan fingerprint density at radius 3 is 1.66 bits per heavy atom. The molecule has 0 aliphatic heterocycles. The molecule has 0 aliphatic rings. The molecule has 3 aromatic rings. The van der Waals surface area contributed by atoms with Crippen LogP contribution in [0.2, 0.25) is 0 Å². The molecule has 0 radical (unpaired) electrons. The maximum atomic E-state index is 14.2. The Labute approximate surface area is 515 Å². The van der Waals surface area contributed by atoms with Crippen molar-refractivity contribution in [2.24, 2.45) is 23.1 Å². The monoisotopic (exact) mass is 1230 g/mol. The van der Waals surface area contributed by atoms with Crippen molar-refractivity contribution in [1.29, 1.82) is 0 Å². The van der Waals surface area contributed by atoms with E-state index in [1.165, 1.54) is 76.1 Å². The highest BCUT2D eigenvalue weighted by molar-refractivity contribution is 5.99. The zero-order valence-corrected chi connectivity index (χ0v) is 51.6. The number of rotatable bonds is 45. The number of phenolic OH excluding ortho intramolecular Hbond substituents is 1. The molecule has 1 aromatic heterocycles. The number of aromatic hydroxyl groups is 1. The quantitative estimate of drug-likeness (QED) is 0.0359. The van der Waals surface area contributed by atoms with Gasteiger partial charge in [0.1, 0.15) is 48.0 Å². The smallest absolute Gasteiger partial charge is 0.325 e. The lowest BCUT2D eigenvalue weighted by atomic mass is 9.97. The Balaban J connectivity index is 1.68. The van der Waals surface area contributed by atoms with Gasteiger partial charge in [-0.15, -0.1) is 0 Å². The number of benzene rings is 2. The van der Waals surface area contributed by atoms with E-state index in [4.69, 9.17) is 17.2 Å². The fourth-order valence-corrected chi connectivity index (χ4v) is 9.70. The van der Waals surface area contributed by atoms with Crippen LogP contribution in [-0.2, 0) is 65.6 Å². The molecule has 1 heterocycles. The van der Waals surface area contributed by atoms with Gasteiger partial charge < -0.3 is 80.2 Å². The number of carbonyl (C=O) groups is 11. The number of nitrogens with two attached hydrogens (primary N) is 3. The van der Waals surface area contributed by atoms with Crippen molar-refractivity contribution in [3.05, 3.63) is 65.9 Å². The number of hydrogen-bond acceptors (Lipinski definition) is 14. The number of carboxylic acids is 1. The van der Waals surface area contributed by atoms with Gasteiger partial charge in [-0.2, -0.15) is 0 Å². The van der Waals surface area contributed by atoms with E-state index in [0.29, 0.717) is 31.2 Å². The summed E-state index contributed by atoms with van der Waals surface area (Å²) in [7, 11) is 0. The zero-order chi connectivity index (χ0) is 65.0. The normalized spacial score (nSPS) is 13.8. The highest BCUT2D eigenvalue weighted by Gasteiger charge is 2.35. The number of carbonyl (C=O) groups excluding carboxylic acids is 10. The number of nitrogens with one attached hydrogen (secondary N) is 10. The van der Waals surface area contributed by atoms with E-state index in [2.05, 4.69) is 59.8 Å². The van der Waals surface area contributed by atoms with E-state index in [-0.39, 0.29) is 63.3 Å². The van der Waals surface area contributed by atoms with Gasteiger partial charge in [0.2, 0.25) is 59.1 Å². The van der Waals surface area contributed by atoms with Gasteiger partial charge in [-0.25, -0.2) is 0 Å². The summed E-state index contributed by atoms with van der Waals surface area (Å²) in [6, 6.07) is 3.57. The molecular weight excluding hydrogens is 1130 g/mol. The van der Waals surface area contributed by atoms with E-state index >= 15 is 0 Å². The summed E-state index contributed by atoms with van der Waals surface area (Å²) in [5.74, 6) is -9.99. The fraction of sp³-hybridized carbons (Fsp3) is 0.597. The molecule has 18 N–H and O–H groups in total. The van der Waals surface area contributed by atoms with Crippen LogP contribution in [0.3, 0.4) is 0 Å². The van der Waals surface area contributed by atoms with Crippen molar-refractivity contribution in [2.75, 3.05) is 26.2 Å². The predicted molar refractivity (Wildman–Crippen MR) is 332 cm³/mol. The van der Waals surface area contributed by atoms with Crippen LogP contribution >= 0.6 is 0 Å². The Morgan fingerprint density at radius 1 is 0.523 bits per heavy atom. The van der Waals surface area contributed by atoms with Gasteiger partial charge in [-0.3, -0.25) is 52.7 Å². The first-order valence-corrected chi connectivity index (χ1v) is 31.0. The summed E-state index contributed by atoms with van der Waals surface area (Å²) in [5.41, 5.74) is 19.1. The van der Waals surface area contributed by atoms with E-state index < -0.39 is 127 Å². The van der Waals surface area contributed by atoms with Gasteiger partial charge in [0, 0.05) is 36.4 Å². The summed E-state index contributed by atoms with van der Waals surface area (Å²) < 4.78 is 0. The number of amides is 10. The van der Waals surface area contributed by atoms with Crippen molar-refractivity contribution in [3.8, 4) is 5.75 Å². The van der Waals surface area contributed by atoms with E-state index in [9.17, 15) is 63.0 Å². The summed E-state index contributed by atoms with van der Waals surface area (Å²) in [4.78, 5) is 150. The first-order valence-electron chi connectivity index (χ1n) is 31.0. The van der Waals surface area contributed by atoms with Crippen molar-refractivity contribution >= 4 is 75.9 Å². The molecule has 10 amide bonds. The number of para-hydroxylation sites is 1. The molecule has 26 heteroatoms. The number of primary amides is 1. The molecule has 0 aliphatic carbocycles. The number of carboxylic acid groups (broad SMARTS) is 1. The molecule has 88 heavy (non-hydrogen) atoms. The Hall–Kier alpha value is -8.13. The van der Waals surface area contributed by atoms with Gasteiger partial charge in [0.05, 0.1) is 19.5 Å². The number of unbranched alkanes of at least 4 members (excludes halogenated alkanes) is 11. The molecule has 0 unspecified atom stereocenters. The van der Waals surface area contributed by atoms with Crippen LogP contribution in [-0.4, -0.2) is 149 Å². The minimum absolute atomic E-state index is 0.0202. The Morgan fingerprint density at radius 2 is 1.06 bits per heavy atom. The third-order valence-corrected chi connectivity index (χ3v) is 15.1. The van der Waals surface area contributed by atoms with Crippen molar-refractivity contribution in [1.82, 2.24) is 52.8 Å². The van der Waals surface area contributed by atoms with Gasteiger partial charge in [0.25, 0.3) is 0 Å². The molecule has 0 fully saturated rings. The van der Waals surface area contributed by atoms with Gasteiger partial charge >= 0.3 is 5.97 Å². The molecule has 3 rings (SSSR count). The average molecular weight is 1230 g/mol. The van der Waals surface area contributed by atoms with E-state index in [1.54, 1.807) is 20.0 Å². The average Bonchev–Trinajstić information content (AvgIpc) is 3.70. The molecule has 0 saturated carbocycles. The van der Waals surface area contributed by atoms with Crippen molar-refractivity contribution in [2.45, 2.75) is 205 Å². The lowest BCUT2D eigenvalue weighted by Gasteiger charge is -2.28. The highest BCUT2D eigenvalue weighted by Crippen LogP contribution is 2.20. The molecule has 488 valence electrons. The Bertz CT molecular complexity index is 2720. The molecule has 26 nitrogen and oxygen atoms in total. The summed E-state index contributed by atoms with van der Waals surface area (Å²) >= 11 is 0. The fourth-order valence-electron chi connectivity index (χ4n) is 9.70. The summed E-state index contributed by atoms with van der Waals surface area (Å²) in [5, 5.41) is 43.1. The topological polar surface area (TPSA) is 430 Å². The highest BCUT2D eigenvalue weighted by atomic mass is 16.4. The van der Waals surface area contributed by atoms with Crippen LogP contribution < -0.4 is 65.1 Å². The second-order valence-electron chi connectivity index (χ2n) is 22.5. The number of fused-ring (bicyclic) bond motifs is 1. The van der Waals surface area contributed by atoms with Crippen LogP contribution in [0.5, 0.6) is 5.75 Å². The van der Waals surface area contributed by atoms with Crippen molar-refractivity contribution in [3.63, 3.8) is 0 Å². The van der Waals surface area contributed by atoms with Gasteiger partial charge in [-0.1, -0.05) is 122 Å². The van der Waals surface area contributed by atoms with Crippen LogP contribution in [0.15, 0.2) is 54.7 Å². The van der Waals surface area contributed by atoms with E-state index in [1.807, 2.05) is 24.3 Å². The number of aromatic amines is 1. The van der Waals surface area contributed by atoms with Crippen molar-refractivity contribution < 1.29 is 63.0 Å². The number of aromatic nitrogens is 1. The maximum Gasteiger partial charge on any atom is 0.325 e. The first kappa shape index (κ1) is 74.1. The number of phenols is 1. The third kappa shape index (κ3) is 28.1. The number of aliphatic carboxylic acids is 1. The molecule has 0 saturated heterocycles. The predicted octanol–water partition coefficient (Wildman–Crippen LogP) is 1.88. The lowest BCUT2D eigenvalue weighted by Crippen LogP contribution is -2.60. The molecular formula is C62H97N13O13. The zero-order valence-electron chi connectivity index (χ0n) is 51.6. The van der Waals surface area contributed by atoms with Crippen LogP contribution in [0.1, 0.15) is 161 Å². The van der Waals surface area contributed by atoms with Crippen LogP contribution in [0, 0.1) is 5.92 Å².